The topological polar surface area (TPSA) is 59.9 Å². The first-order chi connectivity index (χ1) is 11.1. The minimum absolute atomic E-state index is 0. The van der Waals surface area contributed by atoms with Crippen LogP contribution < -0.4 is 27.4 Å². The molecule has 2 aromatic heterocycles. The van der Waals surface area contributed by atoms with Crippen LogP contribution in [-0.2, 0) is 12.3 Å². The number of anilines is 1. The van der Waals surface area contributed by atoms with Crippen LogP contribution in [0.25, 0.3) is 0 Å². The first-order valence-electron chi connectivity index (χ1n) is 6.73. The Morgan fingerprint density at radius 2 is 2.08 bits per heavy atom. The Kier molecular flexibility index (Phi) is 6.90. The molecule has 0 unspecified atom stereocenters. The number of thioether (sulfide) groups is 1. The van der Waals surface area contributed by atoms with E-state index in [1.165, 1.54) is 45.2 Å². The van der Waals surface area contributed by atoms with Gasteiger partial charge in [0.1, 0.15) is 5.82 Å². The number of benzene rings is 1. The molecule has 0 spiro atoms. The van der Waals surface area contributed by atoms with Crippen molar-refractivity contribution < 1.29 is 30.8 Å². The summed E-state index contributed by atoms with van der Waals surface area (Å²) in [6, 6.07) is 10.3. The fourth-order valence-electron chi connectivity index (χ4n) is 1.89. The van der Waals surface area contributed by atoms with Gasteiger partial charge in [0.05, 0.1) is 4.88 Å². The van der Waals surface area contributed by atoms with Gasteiger partial charge in [-0.2, -0.15) is 0 Å². The number of nitrogens with zero attached hydrogens (tertiary/aromatic N) is 2. The van der Waals surface area contributed by atoms with Gasteiger partial charge in [-0.3, -0.25) is 10.5 Å². The summed E-state index contributed by atoms with van der Waals surface area (Å²) < 4.78 is 15.8. The molecule has 9 heteroatoms. The lowest BCUT2D eigenvalue weighted by atomic mass is 10.2. The molecule has 1 aromatic carbocycles. The number of thiophene rings is 1. The molecule has 4 nitrogen and oxygen atoms in total. The lowest BCUT2D eigenvalue weighted by Gasteiger charge is -1.99. The van der Waals surface area contributed by atoms with Gasteiger partial charge < -0.3 is 17.0 Å². The third kappa shape index (κ3) is 4.62. The second-order valence-electron chi connectivity index (χ2n) is 4.64. The Morgan fingerprint density at radius 1 is 1.29 bits per heavy atom. The predicted molar refractivity (Wildman–Crippen MR) is 91.3 cm³/mol. The number of nitrogens with two attached hydrogens (primary N) is 1. The number of carbonyl (C=O) groups excluding carboxylic acids is 1. The Hall–Kier alpha value is -1.29. The van der Waals surface area contributed by atoms with Gasteiger partial charge in [-0.25, -0.2) is 4.39 Å². The fraction of sp³-hybridized carbons (Fsp3) is 0.133. The van der Waals surface area contributed by atoms with Crippen LogP contribution in [-0.4, -0.2) is 10.9 Å². The van der Waals surface area contributed by atoms with Crippen molar-refractivity contribution >= 4 is 45.4 Å². The van der Waals surface area contributed by atoms with Gasteiger partial charge in [0, 0.05) is 5.75 Å². The van der Waals surface area contributed by atoms with E-state index < -0.39 is 0 Å². The number of hydrogen-bond acceptors (Lipinski definition) is 6. The number of Topliss-reactive ketones (excluding diaryl/α,β-unsaturated/α-hetero) is 1. The van der Waals surface area contributed by atoms with Gasteiger partial charge in [-0.15, -0.1) is 16.0 Å². The van der Waals surface area contributed by atoms with Crippen LogP contribution in [0.1, 0.15) is 15.2 Å². The Labute approximate surface area is 161 Å². The molecule has 3 rings (SSSR count). The number of halogens is 2. The molecular weight excluding hydrogens is 433 g/mol. The van der Waals surface area contributed by atoms with E-state index in [0.29, 0.717) is 25.7 Å². The van der Waals surface area contributed by atoms with Gasteiger partial charge in [-0.1, -0.05) is 41.1 Å². The Morgan fingerprint density at radius 3 is 2.79 bits per heavy atom. The molecule has 2 heterocycles. The summed E-state index contributed by atoms with van der Waals surface area (Å²) >= 11 is 4.10. The van der Waals surface area contributed by atoms with Crippen molar-refractivity contribution in [2.24, 2.45) is 0 Å². The summed E-state index contributed by atoms with van der Waals surface area (Å²) in [5.41, 5.74) is 6.54. The highest BCUT2D eigenvalue weighted by Gasteiger charge is 2.19. The van der Waals surface area contributed by atoms with Crippen molar-refractivity contribution in [2.75, 3.05) is 5.73 Å². The Bertz CT molecular complexity index is 823. The van der Waals surface area contributed by atoms with Crippen LogP contribution in [0.5, 0.6) is 0 Å². The van der Waals surface area contributed by atoms with Crippen molar-refractivity contribution in [3.63, 3.8) is 0 Å². The maximum atomic E-state index is 13.6. The summed E-state index contributed by atoms with van der Waals surface area (Å²) in [5.74, 6) is 0.219. The van der Waals surface area contributed by atoms with Gasteiger partial charge in [0.2, 0.25) is 10.1 Å². The average molecular weight is 446 g/mol. The SMILES string of the molecule is Nc1sc(SCc2ccccc2F)n[n+]1CC(=O)c1cccs1.[Br-]. The van der Waals surface area contributed by atoms with E-state index in [1.807, 2.05) is 11.4 Å². The first-order valence-corrected chi connectivity index (χ1v) is 9.41. The molecule has 0 radical (unpaired) electrons. The minimum atomic E-state index is -0.231. The molecule has 0 fully saturated rings. The van der Waals surface area contributed by atoms with Crippen LogP contribution in [0.4, 0.5) is 9.52 Å². The molecule has 0 aliphatic carbocycles. The lowest BCUT2D eigenvalue weighted by molar-refractivity contribution is -0.725. The zero-order chi connectivity index (χ0) is 16.2. The number of ketones is 1. The maximum absolute atomic E-state index is 13.6. The van der Waals surface area contributed by atoms with Crippen LogP contribution in [0.2, 0.25) is 0 Å². The van der Waals surface area contributed by atoms with Gasteiger partial charge in [0.25, 0.3) is 0 Å². The molecule has 0 atom stereocenters. The third-order valence-electron chi connectivity index (χ3n) is 3.05. The molecule has 2 N–H and O–H groups in total. The summed E-state index contributed by atoms with van der Waals surface area (Å²) in [4.78, 5) is 12.8. The highest BCUT2D eigenvalue weighted by molar-refractivity contribution is 8.00. The largest absolute Gasteiger partial charge is 1.00 e. The molecule has 24 heavy (non-hydrogen) atoms. The van der Waals surface area contributed by atoms with E-state index >= 15 is 0 Å². The van der Waals surface area contributed by atoms with Gasteiger partial charge >= 0.3 is 5.13 Å². The number of aromatic nitrogens is 2. The number of rotatable bonds is 6. The second kappa shape index (κ2) is 8.70. The molecular formula is C15H13BrFN3OS3. The van der Waals surface area contributed by atoms with Crippen molar-refractivity contribution in [1.82, 2.24) is 5.10 Å². The maximum Gasteiger partial charge on any atom is 0.355 e. The first kappa shape index (κ1) is 19.0. The summed E-state index contributed by atoms with van der Waals surface area (Å²) in [7, 11) is 0. The second-order valence-corrected chi connectivity index (χ2v) is 7.82. The smallest absolute Gasteiger partial charge is 0.355 e. The molecule has 0 aliphatic heterocycles. The number of nitrogen functional groups attached to an aromatic ring is 1. The summed E-state index contributed by atoms with van der Waals surface area (Å²) in [6.45, 7) is 0.114. The highest BCUT2D eigenvalue weighted by Crippen LogP contribution is 2.27. The van der Waals surface area contributed by atoms with E-state index in [1.54, 1.807) is 24.3 Å². The van der Waals surface area contributed by atoms with Crippen molar-refractivity contribution in [3.8, 4) is 0 Å². The van der Waals surface area contributed by atoms with Gasteiger partial charge in [0.15, 0.2) is 6.54 Å². The highest BCUT2D eigenvalue weighted by atomic mass is 79.9. The normalized spacial score (nSPS) is 10.4. The zero-order valence-electron chi connectivity index (χ0n) is 12.3. The summed E-state index contributed by atoms with van der Waals surface area (Å²) in [5, 5.41) is 6.66. The minimum Gasteiger partial charge on any atom is -1.00 e. The zero-order valence-corrected chi connectivity index (χ0v) is 16.4. The average Bonchev–Trinajstić information content (AvgIpc) is 3.17. The molecule has 126 valence electrons. The Balaban J connectivity index is 0.00000208. The molecule has 0 bridgehead atoms. The van der Waals surface area contributed by atoms with E-state index in [-0.39, 0.29) is 35.1 Å². The quantitative estimate of drug-likeness (QED) is 0.338. The third-order valence-corrected chi connectivity index (χ3v) is 6.02. The van der Waals surface area contributed by atoms with E-state index in [2.05, 4.69) is 5.10 Å². The summed E-state index contributed by atoms with van der Waals surface area (Å²) in [6.07, 6.45) is 0. The van der Waals surface area contributed by atoms with Crippen LogP contribution in [0.3, 0.4) is 0 Å². The fourth-order valence-corrected chi connectivity index (χ4v) is 4.41. The van der Waals surface area contributed by atoms with Crippen LogP contribution in [0, 0.1) is 5.82 Å². The van der Waals surface area contributed by atoms with E-state index in [0.717, 1.165) is 0 Å². The van der Waals surface area contributed by atoms with Crippen molar-refractivity contribution in [2.45, 2.75) is 16.6 Å². The molecule has 3 aromatic rings. The van der Waals surface area contributed by atoms with Crippen LogP contribution in [0.15, 0.2) is 46.1 Å². The standard InChI is InChI=1S/C15H12FN3OS3.BrH/c16-11-5-2-1-4-10(11)9-22-15-18-19(14(17)23-15)8-12(20)13-6-3-7-21-13;/h1-7,17H,8-9H2;1H. The lowest BCUT2D eigenvalue weighted by Crippen LogP contribution is -3.00. The van der Waals surface area contributed by atoms with Crippen molar-refractivity contribution in [3.05, 3.63) is 58.0 Å². The monoisotopic (exact) mass is 445 g/mol. The molecule has 0 amide bonds. The predicted octanol–water partition coefficient (Wildman–Crippen LogP) is 0.393. The molecule has 0 saturated carbocycles. The number of hydrogen-bond donors (Lipinski definition) is 1. The van der Waals surface area contributed by atoms with Crippen LogP contribution >= 0.6 is 34.4 Å². The molecule has 0 saturated heterocycles. The molecule has 0 aliphatic rings. The number of carbonyl (C=O) groups is 1. The van der Waals surface area contributed by atoms with E-state index in [4.69, 9.17) is 5.73 Å². The van der Waals surface area contributed by atoms with Gasteiger partial charge in [-0.05, 0) is 34.4 Å². The van der Waals surface area contributed by atoms with Crippen molar-refractivity contribution in [1.29, 1.82) is 0 Å². The van der Waals surface area contributed by atoms with E-state index in [9.17, 15) is 9.18 Å².